The molecule has 0 fully saturated rings. The maximum absolute atomic E-state index is 12.9. The number of hydrogen-bond donors (Lipinski definition) is 3. The summed E-state index contributed by atoms with van der Waals surface area (Å²) in [5.74, 6) is 0.767. The first-order chi connectivity index (χ1) is 14.6. The maximum Gasteiger partial charge on any atom is 0.319 e. The van der Waals surface area contributed by atoms with Gasteiger partial charge in [0.15, 0.2) is 0 Å². The van der Waals surface area contributed by atoms with E-state index in [0.29, 0.717) is 42.5 Å². The Morgan fingerprint density at radius 2 is 1.93 bits per heavy atom. The van der Waals surface area contributed by atoms with Gasteiger partial charge >= 0.3 is 6.03 Å². The lowest BCUT2D eigenvalue weighted by Gasteiger charge is -2.11. The van der Waals surface area contributed by atoms with Crippen molar-refractivity contribution in [2.24, 2.45) is 0 Å². The van der Waals surface area contributed by atoms with Crippen LogP contribution in [0.4, 0.5) is 20.7 Å². The van der Waals surface area contributed by atoms with E-state index in [1.54, 1.807) is 54.7 Å². The smallest absolute Gasteiger partial charge is 0.319 e. The SMILES string of the molecule is N#Cc1cccnc1NCCNC(=O)Nc1cccc(OCc2ccc(F)cc2)c1. The van der Waals surface area contributed by atoms with E-state index in [9.17, 15) is 9.18 Å². The van der Waals surface area contributed by atoms with E-state index in [1.807, 2.05) is 0 Å². The Bertz CT molecular complexity index is 1030. The Labute approximate surface area is 173 Å². The maximum atomic E-state index is 12.9. The fraction of sp³-hybridized carbons (Fsp3) is 0.136. The summed E-state index contributed by atoms with van der Waals surface area (Å²) in [4.78, 5) is 16.2. The van der Waals surface area contributed by atoms with Crippen LogP contribution in [0.2, 0.25) is 0 Å². The van der Waals surface area contributed by atoms with Gasteiger partial charge in [0.25, 0.3) is 0 Å². The topological polar surface area (TPSA) is 99.1 Å². The van der Waals surface area contributed by atoms with Crippen LogP contribution in [-0.4, -0.2) is 24.1 Å². The Morgan fingerprint density at radius 3 is 2.73 bits per heavy atom. The number of ether oxygens (including phenoxy) is 1. The quantitative estimate of drug-likeness (QED) is 0.494. The standard InChI is InChI=1S/C22H20FN5O2/c23-18-8-6-16(7-9-18)15-30-20-5-1-4-19(13-20)28-22(29)27-12-11-26-21-17(14-24)3-2-10-25-21/h1-10,13H,11-12,15H2,(H,25,26)(H2,27,28,29). The minimum atomic E-state index is -0.367. The van der Waals surface area contributed by atoms with E-state index in [0.717, 1.165) is 5.56 Å². The molecule has 7 nitrogen and oxygen atoms in total. The number of halogens is 1. The molecule has 3 N–H and O–H groups in total. The first kappa shape index (κ1) is 20.6. The lowest BCUT2D eigenvalue weighted by molar-refractivity contribution is 0.252. The van der Waals surface area contributed by atoms with Crippen LogP contribution in [0.25, 0.3) is 0 Å². The molecule has 0 aliphatic rings. The normalized spacial score (nSPS) is 10.0. The fourth-order valence-corrected chi connectivity index (χ4v) is 2.58. The summed E-state index contributed by atoms with van der Waals surface area (Å²) >= 11 is 0. The highest BCUT2D eigenvalue weighted by Gasteiger charge is 2.05. The van der Waals surface area contributed by atoms with E-state index in [4.69, 9.17) is 10.00 Å². The Kier molecular flexibility index (Phi) is 7.17. The molecule has 0 saturated carbocycles. The monoisotopic (exact) mass is 405 g/mol. The van der Waals surface area contributed by atoms with Gasteiger partial charge in [-0.1, -0.05) is 18.2 Å². The minimum absolute atomic E-state index is 0.291. The molecule has 2 aromatic carbocycles. The zero-order valence-electron chi connectivity index (χ0n) is 16.1. The van der Waals surface area contributed by atoms with Crippen molar-refractivity contribution in [2.45, 2.75) is 6.61 Å². The van der Waals surface area contributed by atoms with Crippen molar-refractivity contribution < 1.29 is 13.9 Å². The molecule has 0 radical (unpaired) electrons. The molecule has 2 amide bonds. The molecule has 0 bridgehead atoms. The van der Waals surface area contributed by atoms with Crippen LogP contribution in [0.5, 0.6) is 5.75 Å². The summed E-state index contributed by atoms with van der Waals surface area (Å²) < 4.78 is 18.6. The van der Waals surface area contributed by atoms with Crippen LogP contribution in [0.1, 0.15) is 11.1 Å². The third-order valence-corrected chi connectivity index (χ3v) is 4.04. The summed E-state index contributed by atoms with van der Waals surface area (Å²) in [6.45, 7) is 1.05. The number of urea groups is 1. The lowest BCUT2D eigenvalue weighted by Crippen LogP contribution is -2.32. The number of nitrogens with one attached hydrogen (secondary N) is 3. The second-order valence-corrected chi connectivity index (χ2v) is 6.26. The van der Waals surface area contributed by atoms with Gasteiger partial charge in [0.1, 0.15) is 30.1 Å². The second kappa shape index (κ2) is 10.4. The lowest BCUT2D eigenvalue weighted by atomic mass is 10.2. The third-order valence-electron chi connectivity index (χ3n) is 4.04. The van der Waals surface area contributed by atoms with Crippen LogP contribution in [0.3, 0.4) is 0 Å². The van der Waals surface area contributed by atoms with E-state index in [2.05, 4.69) is 27.0 Å². The number of hydrogen-bond acceptors (Lipinski definition) is 5. The molecule has 3 rings (SSSR count). The van der Waals surface area contributed by atoms with E-state index in [-0.39, 0.29) is 11.8 Å². The molecule has 0 saturated heterocycles. The van der Waals surface area contributed by atoms with Crippen molar-refractivity contribution in [1.82, 2.24) is 10.3 Å². The Balaban J connectivity index is 1.43. The van der Waals surface area contributed by atoms with Gasteiger partial charge < -0.3 is 20.7 Å². The highest BCUT2D eigenvalue weighted by atomic mass is 19.1. The average Bonchev–Trinajstić information content (AvgIpc) is 2.77. The van der Waals surface area contributed by atoms with Crippen LogP contribution in [0.15, 0.2) is 66.9 Å². The predicted molar refractivity (Wildman–Crippen MR) is 112 cm³/mol. The number of carbonyl (C=O) groups is 1. The Hall–Kier alpha value is -4.12. The van der Waals surface area contributed by atoms with Crippen molar-refractivity contribution in [3.05, 3.63) is 83.8 Å². The Morgan fingerprint density at radius 1 is 1.10 bits per heavy atom. The minimum Gasteiger partial charge on any atom is -0.489 e. The molecule has 30 heavy (non-hydrogen) atoms. The van der Waals surface area contributed by atoms with Crippen molar-refractivity contribution in [3.63, 3.8) is 0 Å². The summed E-state index contributed by atoms with van der Waals surface area (Å²) in [6, 6.07) is 18.1. The summed E-state index contributed by atoms with van der Waals surface area (Å²) in [5.41, 5.74) is 1.86. The van der Waals surface area contributed by atoms with Crippen molar-refractivity contribution >= 4 is 17.5 Å². The van der Waals surface area contributed by atoms with Gasteiger partial charge in [0, 0.05) is 31.0 Å². The van der Waals surface area contributed by atoms with Gasteiger partial charge in [-0.15, -0.1) is 0 Å². The van der Waals surface area contributed by atoms with Crippen LogP contribution in [-0.2, 0) is 6.61 Å². The fourth-order valence-electron chi connectivity index (χ4n) is 2.58. The summed E-state index contributed by atoms with van der Waals surface area (Å²) in [6.07, 6.45) is 1.59. The zero-order valence-corrected chi connectivity index (χ0v) is 16.1. The first-order valence-corrected chi connectivity index (χ1v) is 9.25. The molecule has 8 heteroatoms. The molecule has 152 valence electrons. The highest BCUT2D eigenvalue weighted by Crippen LogP contribution is 2.18. The summed E-state index contributed by atoms with van der Waals surface area (Å²) in [7, 11) is 0. The van der Waals surface area contributed by atoms with E-state index < -0.39 is 0 Å². The molecular weight excluding hydrogens is 385 g/mol. The number of rotatable bonds is 8. The van der Waals surface area contributed by atoms with Gasteiger partial charge in [-0.25, -0.2) is 14.2 Å². The highest BCUT2D eigenvalue weighted by molar-refractivity contribution is 5.89. The largest absolute Gasteiger partial charge is 0.489 e. The number of anilines is 2. The predicted octanol–water partition coefficient (Wildman–Crippen LogP) is 3.90. The van der Waals surface area contributed by atoms with Crippen LogP contribution < -0.4 is 20.7 Å². The third kappa shape index (κ3) is 6.21. The van der Waals surface area contributed by atoms with Gasteiger partial charge in [0.2, 0.25) is 0 Å². The second-order valence-electron chi connectivity index (χ2n) is 6.26. The van der Waals surface area contributed by atoms with Crippen molar-refractivity contribution in [2.75, 3.05) is 23.7 Å². The van der Waals surface area contributed by atoms with E-state index in [1.165, 1.54) is 12.1 Å². The van der Waals surface area contributed by atoms with Gasteiger partial charge in [-0.3, -0.25) is 0 Å². The number of pyridine rings is 1. The van der Waals surface area contributed by atoms with Gasteiger partial charge in [0.05, 0.1) is 5.56 Å². The molecule has 0 aliphatic heterocycles. The summed E-state index contributed by atoms with van der Waals surface area (Å²) in [5, 5.41) is 17.5. The van der Waals surface area contributed by atoms with Crippen LogP contribution in [0, 0.1) is 17.1 Å². The van der Waals surface area contributed by atoms with Crippen LogP contribution >= 0.6 is 0 Å². The number of amides is 2. The molecule has 0 atom stereocenters. The number of nitrogens with zero attached hydrogens (tertiary/aromatic N) is 2. The molecule has 0 spiro atoms. The first-order valence-electron chi connectivity index (χ1n) is 9.25. The van der Waals surface area contributed by atoms with Gasteiger partial charge in [-0.2, -0.15) is 5.26 Å². The molecule has 0 aliphatic carbocycles. The van der Waals surface area contributed by atoms with Crippen molar-refractivity contribution in [3.8, 4) is 11.8 Å². The van der Waals surface area contributed by atoms with E-state index >= 15 is 0 Å². The molecular formula is C22H20FN5O2. The zero-order chi connectivity index (χ0) is 21.2. The number of aromatic nitrogens is 1. The van der Waals surface area contributed by atoms with Crippen molar-refractivity contribution in [1.29, 1.82) is 5.26 Å². The molecule has 1 aromatic heterocycles. The average molecular weight is 405 g/mol. The number of nitriles is 1. The van der Waals surface area contributed by atoms with Gasteiger partial charge in [-0.05, 0) is 42.0 Å². The molecule has 3 aromatic rings. The number of carbonyl (C=O) groups excluding carboxylic acids is 1. The number of benzene rings is 2. The molecule has 0 unspecified atom stereocenters. The molecule has 1 heterocycles.